The molecule has 0 saturated heterocycles. The molecule has 0 fully saturated rings. The minimum absolute atomic E-state index is 0.0614. The van der Waals surface area contributed by atoms with Crippen molar-refractivity contribution in [1.29, 1.82) is 0 Å². The second kappa shape index (κ2) is 6.25. The molecule has 126 valence electrons. The fourth-order valence-corrected chi connectivity index (χ4v) is 2.87. The highest BCUT2D eigenvalue weighted by molar-refractivity contribution is 7.13. The lowest BCUT2D eigenvalue weighted by Crippen LogP contribution is -2.22. The molecule has 1 unspecified atom stereocenters. The van der Waals surface area contributed by atoms with Crippen LogP contribution in [0.2, 0.25) is 0 Å². The van der Waals surface area contributed by atoms with Crippen LogP contribution in [-0.2, 0) is 12.7 Å². The second-order valence-electron chi connectivity index (χ2n) is 4.93. The molecule has 3 rings (SSSR count). The molecule has 5 nitrogen and oxygen atoms in total. The monoisotopic (exact) mass is 356 g/mol. The first-order valence-electron chi connectivity index (χ1n) is 6.82. The van der Waals surface area contributed by atoms with E-state index in [1.54, 1.807) is 17.5 Å². The van der Waals surface area contributed by atoms with Crippen LogP contribution < -0.4 is 5.76 Å². The van der Waals surface area contributed by atoms with Gasteiger partial charge >= 0.3 is 11.9 Å². The van der Waals surface area contributed by atoms with Gasteiger partial charge in [-0.2, -0.15) is 17.9 Å². The molecule has 0 bridgehead atoms. The molecule has 0 aliphatic carbocycles. The molecule has 1 aromatic carbocycles. The zero-order valence-electron chi connectivity index (χ0n) is 12.0. The Morgan fingerprint density at radius 1 is 1.25 bits per heavy atom. The number of aliphatic hydroxyl groups is 1. The summed E-state index contributed by atoms with van der Waals surface area (Å²) in [4.78, 5) is 12.4. The number of nitrogens with zero attached hydrogens (tertiary/aromatic N) is 2. The number of aromatic nitrogens is 2. The second-order valence-corrected chi connectivity index (χ2v) is 5.88. The molecule has 2 heterocycles. The normalized spacial score (nSPS) is 13.2. The van der Waals surface area contributed by atoms with Crippen molar-refractivity contribution in [3.05, 3.63) is 63.5 Å². The van der Waals surface area contributed by atoms with Gasteiger partial charge in [-0.25, -0.2) is 4.79 Å². The summed E-state index contributed by atoms with van der Waals surface area (Å²) < 4.78 is 44.8. The fourth-order valence-electron chi connectivity index (χ4n) is 2.23. The molecule has 0 saturated carbocycles. The standard InChI is InChI=1S/C15H11F3N2O3S/c16-15(17,18)10-5-2-1-4-9(10)11(21)8-20-14(22)23-13(19-20)12-6-3-7-24-12/h1-7,11,21H,8H2. The maximum absolute atomic E-state index is 13.0. The van der Waals surface area contributed by atoms with E-state index in [0.29, 0.717) is 4.88 Å². The third kappa shape index (κ3) is 3.26. The van der Waals surface area contributed by atoms with Crippen molar-refractivity contribution < 1.29 is 22.7 Å². The molecule has 0 aliphatic heterocycles. The van der Waals surface area contributed by atoms with E-state index in [2.05, 4.69) is 5.10 Å². The molecule has 2 aromatic heterocycles. The van der Waals surface area contributed by atoms with Crippen molar-refractivity contribution in [3.63, 3.8) is 0 Å². The number of rotatable bonds is 4. The van der Waals surface area contributed by atoms with Gasteiger partial charge < -0.3 is 9.52 Å². The Bertz CT molecular complexity index is 884. The van der Waals surface area contributed by atoms with Crippen LogP contribution in [0.4, 0.5) is 13.2 Å². The Kier molecular flexibility index (Phi) is 4.29. The molecule has 0 amide bonds. The lowest BCUT2D eigenvalue weighted by molar-refractivity contribution is -0.139. The lowest BCUT2D eigenvalue weighted by atomic mass is 10.0. The maximum Gasteiger partial charge on any atom is 0.437 e. The summed E-state index contributed by atoms with van der Waals surface area (Å²) >= 11 is 1.30. The highest BCUT2D eigenvalue weighted by atomic mass is 32.1. The van der Waals surface area contributed by atoms with E-state index in [4.69, 9.17) is 4.42 Å². The lowest BCUT2D eigenvalue weighted by Gasteiger charge is -2.16. The van der Waals surface area contributed by atoms with E-state index in [1.165, 1.54) is 29.5 Å². The van der Waals surface area contributed by atoms with E-state index in [1.807, 2.05) is 0 Å². The van der Waals surface area contributed by atoms with E-state index in [0.717, 1.165) is 10.7 Å². The predicted octanol–water partition coefficient (Wildman–Crippen LogP) is 3.32. The van der Waals surface area contributed by atoms with Crippen LogP contribution in [-0.4, -0.2) is 14.9 Å². The van der Waals surface area contributed by atoms with Gasteiger partial charge in [0.15, 0.2) is 0 Å². The van der Waals surface area contributed by atoms with Crippen molar-refractivity contribution >= 4 is 11.3 Å². The van der Waals surface area contributed by atoms with Gasteiger partial charge in [-0.3, -0.25) is 0 Å². The fraction of sp³-hybridized carbons (Fsp3) is 0.200. The first-order valence-corrected chi connectivity index (χ1v) is 7.70. The summed E-state index contributed by atoms with van der Waals surface area (Å²) in [5.74, 6) is -0.784. The number of thiophene rings is 1. The summed E-state index contributed by atoms with van der Waals surface area (Å²) in [7, 11) is 0. The van der Waals surface area contributed by atoms with Crippen LogP contribution in [0.5, 0.6) is 0 Å². The molecule has 0 aliphatic rings. The first kappa shape index (κ1) is 16.5. The molecular formula is C15H11F3N2O3S. The summed E-state index contributed by atoms with van der Waals surface area (Å²) in [5.41, 5.74) is -1.27. The van der Waals surface area contributed by atoms with Crippen molar-refractivity contribution in [3.8, 4) is 10.8 Å². The van der Waals surface area contributed by atoms with E-state index >= 15 is 0 Å². The SMILES string of the molecule is O=c1oc(-c2cccs2)nn1CC(O)c1ccccc1C(F)(F)F. The quantitative estimate of drug-likeness (QED) is 0.779. The van der Waals surface area contributed by atoms with Gasteiger partial charge in [0, 0.05) is 0 Å². The highest BCUT2D eigenvalue weighted by Crippen LogP contribution is 2.34. The Labute approximate surface area is 137 Å². The molecule has 3 aromatic rings. The average Bonchev–Trinajstić information content (AvgIpc) is 3.17. The Morgan fingerprint density at radius 2 is 2.00 bits per heavy atom. The van der Waals surface area contributed by atoms with Gasteiger partial charge in [0.25, 0.3) is 5.89 Å². The number of hydrogen-bond acceptors (Lipinski definition) is 5. The molecule has 0 spiro atoms. The minimum Gasteiger partial charge on any atom is -0.387 e. The Hall–Kier alpha value is -2.39. The van der Waals surface area contributed by atoms with Gasteiger partial charge in [-0.15, -0.1) is 16.4 Å². The van der Waals surface area contributed by atoms with Crippen molar-refractivity contribution in [2.45, 2.75) is 18.8 Å². The van der Waals surface area contributed by atoms with Gasteiger partial charge in [-0.05, 0) is 23.1 Å². The van der Waals surface area contributed by atoms with Gasteiger partial charge in [0.1, 0.15) is 0 Å². The largest absolute Gasteiger partial charge is 0.437 e. The van der Waals surface area contributed by atoms with Crippen LogP contribution in [0.25, 0.3) is 10.8 Å². The number of aliphatic hydroxyl groups excluding tert-OH is 1. The summed E-state index contributed by atoms with van der Waals surface area (Å²) in [6.45, 7) is -0.444. The molecule has 24 heavy (non-hydrogen) atoms. The van der Waals surface area contributed by atoms with E-state index < -0.39 is 30.1 Å². The van der Waals surface area contributed by atoms with Crippen LogP contribution in [0.1, 0.15) is 17.2 Å². The van der Waals surface area contributed by atoms with Crippen LogP contribution in [0.3, 0.4) is 0 Å². The third-order valence-corrected chi connectivity index (χ3v) is 4.17. The number of alkyl halides is 3. The van der Waals surface area contributed by atoms with Crippen molar-refractivity contribution in [2.24, 2.45) is 0 Å². The number of benzene rings is 1. The molecule has 0 radical (unpaired) electrons. The highest BCUT2D eigenvalue weighted by Gasteiger charge is 2.34. The summed E-state index contributed by atoms with van der Waals surface area (Å²) in [5, 5.41) is 15.8. The number of halogens is 3. The van der Waals surface area contributed by atoms with Crippen LogP contribution in [0.15, 0.2) is 51.0 Å². The summed E-state index contributed by atoms with van der Waals surface area (Å²) in [6, 6.07) is 8.09. The van der Waals surface area contributed by atoms with Gasteiger partial charge in [0.05, 0.1) is 23.1 Å². The van der Waals surface area contributed by atoms with Crippen LogP contribution in [0, 0.1) is 0 Å². The average molecular weight is 356 g/mol. The number of hydrogen-bond donors (Lipinski definition) is 1. The van der Waals surface area contributed by atoms with E-state index in [-0.39, 0.29) is 11.5 Å². The predicted molar refractivity (Wildman–Crippen MR) is 80.5 cm³/mol. The topological polar surface area (TPSA) is 68.3 Å². The smallest absolute Gasteiger partial charge is 0.387 e. The van der Waals surface area contributed by atoms with Gasteiger partial charge in [0.2, 0.25) is 0 Å². The zero-order chi connectivity index (χ0) is 17.3. The van der Waals surface area contributed by atoms with Crippen molar-refractivity contribution in [1.82, 2.24) is 9.78 Å². The molecule has 1 N–H and O–H groups in total. The third-order valence-electron chi connectivity index (χ3n) is 3.31. The molecular weight excluding hydrogens is 345 g/mol. The summed E-state index contributed by atoms with van der Waals surface area (Å²) in [6.07, 6.45) is -6.16. The maximum atomic E-state index is 13.0. The Morgan fingerprint density at radius 3 is 2.67 bits per heavy atom. The molecule has 1 atom stereocenters. The zero-order valence-corrected chi connectivity index (χ0v) is 12.8. The Balaban J connectivity index is 1.89. The van der Waals surface area contributed by atoms with E-state index in [9.17, 15) is 23.1 Å². The first-order chi connectivity index (χ1) is 11.4. The minimum atomic E-state index is -4.60. The van der Waals surface area contributed by atoms with Crippen LogP contribution >= 0.6 is 11.3 Å². The van der Waals surface area contributed by atoms with Crippen molar-refractivity contribution in [2.75, 3.05) is 0 Å². The van der Waals surface area contributed by atoms with Gasteiger partial charge in [-0.1, -0.05) is 24.3 Å². The molecule has 9 heteroatoms.